The molecule has 2 aromatic rings. The van der Waals surface area contributed by atoms with Crippen LogP contribution in [0.4, 0.5) is 5.69 Å². The summed E-state index contributed by atoms with van der Waals surface area (Å²) in [6.07, 6.45) is 0.985. The van der Waals surface area contributed by atoms with Crippen molar-refractivity contribution in [1.29, 1.82) is 0 Å². The summed E-state index contributed by atoms with van der Waals surface area (Å²) < 4.78 is 5.84. The van der Waals surface area contributed by atoms with Crippen LogP contribution in [0.15, 0.2) is 42.5 Å². The molecule has 0 fully saturated rings. The second-order valence-electron chi connectivity index (χ2n) is 5.67. The molecule has 1 aromatic heterocycles. The van der Waals surface area contributed by atoms with E-state index in [0.29, 0.717) is 12.5 Å². The first kappa shape index (κ1) is 13.0. The normalized spacial score (nSPS) is 17.2. The zero-order valence-electron chi connectivity index (χ0n) is 12.0. The van der Waals surface area contributed by atoms with Gasteiger partial charge < -0.3 is 10.1 Å². The molecule has 0 saturated heterocycles. The highest BCUT2D eigenvalue weighted by atomic mass is 16.5. The lowest BCUT2D eigenvalue weighted by Crippen LogP contribution is -2.24. The molecule has 1 atom stereocenters. The second kappa shape index (κ2) is 5.53. The van der Waals surface area contributed by atoms with E-state index < -0.39 is 0 Å². The Morgan fingerprint density at radius 1 is 1.20 bits per heavy atom. The van der Waals surface area contributed by atoms with Gasteiger partial charge in [-0.1, -0.05) is 44.2 Å². The van der Waals surface area contributed by atoms with Crippen LogP contribution in [0.2, 0.25) is 0 Å². The van der Waals surface area contributed by atoms with E-state index in [0.717, 1.165) is 23.7 Å². The Hall–Kier alpha value is -2.03. The van der Waals surface area contributed by atoms with Crippen molar-refractivity contribution in [2.24, 2.45) is 5.92 Å². The summed E-state index contributed by atoms with van der Waals surface area (Å²) in [5, 5.41) is 3.51. The zero-order chi connectivity index (χ0) is 13.9. The van der Waals surface area contributed by atoms with Gasteiger partial charge in [-0.3, -0.25) is 0 Å². The number of hydrogen-bond acceptors (Lipinski definition) is 3. The van der Waals surface area contributed by atoms with Crippen molar-refractivity contribution in [3.05, 3.63) is 53.7 Å². The van der Waals surface area contributed by atoms with Gasteiger partial charge in [0.1, 0.15) is 6.61 Å². The van der Waals surface area contributed by atoms with Gasteiger partial charge in [0.2, 0.25) is 5.88 Å². The van der Waals surface area contributed by atoms with Gasteiger partial charge in [-0.25, -0.2) is 4.98 Å². The maximum Gasteiger partial charge on any atom is 0.237 e. The molecule has 0 radical (unpaired) electrons. The molecule has 20 heavy (non-hydrogen) atoms. The molecule has 0 spiro atoms. The lowest BCUT2D eigenvalue weighted by molar-refractivity contribution is 0.274. The van der Waals surface area contributed by atoms with Gasteiger partial charge in [0.25, 0.3) is 0 Å². The smallest absolute Gasteiger partial charge is 0.237 e. The molecule has 0 bridgehead atoms. The number of anilines is 1. The first-order valence-electron chi connectivity index (χ1n) is 7.16. The van der Waals surface area contributed by atoms with Gasteiger partial charge >= 0.3 is 0 Å². The largest absolute Gasteiger partial charge is 0.474 e. The molecular weight excluding hydrogens is 248 g/mol. The van der Waals surface area contributed by atoms with Crippen molar-refractivity contribution in [2.45, 2.75) is 26.3 Å². The Morgan fingerprint density at radius 2 is 2.00 bits per heavy atom. The third-order valence-corrected chi connectivity index (χ3v) is 3.45. The van der Waals surface area contributed by atoms with Crippen LogP contribution in [0.1, 0.15) is 31.1 Å². The molecule has 0 aliphatic carbocycles. The fraction of sp³-hybridized carbons (Fsp3) is 0.353. The van der Waals surface area contributed by atoms with Crippen molar-refractivity contribution < 1.29 is 4.74 Å². The minimum Gasteiger partial charge on any atom is -0.474 e. The molecule has 0 amide bonds. The molecule has 3 nitrogen and oxygen atoms in total. The topological polar surface area (TPSA) is 34.1 Å². The van der Waals surface area contributed by atoms with Crippen LogP contribution in [0.25, 0.3) is 0 Å². The van der Waals surface area contributed by atoms with E-state index in [9.17, 15) is 0 Å². The van der Waals surface area contributed by atoms with Crippen LogP contribution in [0.5, 0.6) is 5.88 Å². The summed E-state index contributed by atoms with van der Waals surface area (Å²) in [7, 11) is 0. The predicted molar refractivity (Wildman–Crippen MR) is 81.1 cm³/mol. The Morgan fingerprint density at radius 3 is 2.75 bits per heavy atom. The lowest BCUT2D eigenvalue weighted by Gasteiger charge is -2.27. The summed E-state index contributed by atoms with van der Waals surface area (Å²) in [5.41, 5.74) is 3.32. The average molecular weight is 268 g/mol. The number of nitrogens with one attached hydrogen (secondary N) is 1. The summed E-state index contributed by atoms with van der Waals surface area (Å²) in [6.45, 7) is 5.02. The first-order valence-corrected chi connectivity index (χ1v) is 7.16. The molecule has 2 heterocycles. The number of nitrogens with zero attached hydrogens (tertiary/aromatic N) is 1. The number of hydrogen-bond donors (Lipinski definition) is 1. The minimum atomic E-state index is 0.196. The van der Waals surface area contributed by atoms with Crippen molar-refractivity contribution in [3.8, 4) is 5.88 Å². The summed E-state index contributed by atoms with van der Waals surface area (Å²) >= 11 is 0. The highest BCUT2D eigenvalue weighted by Gasteiger charge is 2.21. The monoisotopic (exact) mass is 268 g/mol. The molecule has 0 saturated carbocycles. The Kier molecular flexibility index (Phi) is 3.59. The third-order valence-electron chi connectivity index (χ3n) is 3.45. The maximum absolute atomic E-state index is 5.84. The molecule has 3 rings (SSSR count). The molecular formula is C17H20N2O. The van der Waals surface area contributed by atoms with Crippen molar-refractivity contribution >= 4 is 5.69 Å². The van der Waals surface area contributed by atoms with E-state index in [2.05, 4.69) is 60.5 Å². The number of ether oxygens (including phenoxy) is 1. The van der Waals surface area contributed by atoms with E-state index >= 15 is 0 Å². The van der Waals surface area contributed by atoms with Gasteiger partial charge in [0.15, 0.2) is 0 Å². The Labute approximate surface area is 120 Å². The van der Waals surface area contributed by atoms with Gasteiger partial charge in [-0.2, -0.15) is 0 Å². The summed E-state index contributed by atoms with van der Waals surface area (Å²) in [6, 6.07) is 14.7. The fourth-order valence-electron chi connectivity index (χ4n) is 2.49. The third kappa shape index (κ3) is 2.77. The average Bonchev–Trinajstić information content (AvgIpc) is 2.47. The number of pyridine rings is 1. The fourth-order valence-corrected chi connectivity index (χ4v) is 2.49. The molecule has 1 aromatic carbocycles. The van der Waals surface area contributed by atoms with Crippen LogP contribution < -0.4 is 10.1 Å². The molecule has 3 heteroatoms. The van der Waals surface area contributed by atoms with Crippen molar-refractivity contribution in [3.63, 3.8) is 0 Å². The van der Waals surface area contributed by atoms with Crippen molar-refractivity contribution in [2.75, 3.05) is 11.9 Å². The van der Waals surface area contributed by atoms with Crippen LogP contribution in [-0.4, -0.2) is 11.6 Å². The Bertz CT molecular complexity index is 581. The number of rotatable bonds is 3. The molecule has 1 aliphatic heterocycles. The predicted octanol–water partition coefficient (Wildman–Crippen LogP) is 3.83. The van der Waals surface area contributed by atoms with E-state index in [-0.39, 0.29) is 6.04 Å². The first-order chi connectivity index (χ1) is 9.72. The quantitative estimate of drug-likeness (QED) is 0.918. The van der Waals surface area contributed by atoms with Crippen LogP contribution in [0.3, 0.4) is 0 Å². The standard InChI is InChI=1S/C17H20N2O/c1-12(2)10-14-8-9-15-17(18-14)20-11-16(19-15)13-6-4-3-5-7-13/h3-9,12,16,19H,10-11H2,1-2H3. The second-order valence-corrected chi connectivity index (χ2v) is 5.67. The minimum absolute atomic E-state index is 0.196. The highest BCUT2D eigenvalue weighted by molar-refractivity contribution is 5.56. The molecule has 1 unspecified atom stereocenters. The number of benzene rings is 1. The van der Waals surface area contributed by atoms with E-state index in [1.54, 1.807) is 0 Å². The zero-order valence-corrected chi connectivity index (χ0v) is 12.0. The Balaban J connectivity index is 1.79. The van der Waals surface area contributed by atoms with Crippen LogP contribution in [-0.2, 0) is 6.42 Å². The molecule has 1 N–H and O–H groups in total. The van der Waals surface area contributed by atoms with Gasteiger partial charge in [0, 0.05) is 5.69 Å². The number of aromatic nitrogens is 1. The van der Waals surface area contributed by atoms with E-state index in [1.807, 2.05) is 6.07 Å². The van der Waals surface area contributed by atoms with Gasteiger partial charge in [0.05, 0.1) is 11.7 Å². The maximum atomic E-state index is 5.84. The number of fused-ring (bicyclic) bond motifs is 1. The van der Waals surface area contributed by atoms with E-state index in [4.69, 9.17) is 4.74 Å². The molecule has 1 aliphatic rings. The van der Waals surface area contributed by atoms with Gasteiger partial charge in [-0.05, 0) is 30.0 Å². The van der Waals surface area contributed by atoms with Crippen LogP contribution in [0, 0.1) is 5.92 Å². The van der Waals surface area contributed by atoms with Gasteiger partial charge in [-0.15, -0.1) is 0 Å². The SMILES string of the molecule is CC(C)Cc1ccc2c(n1)OCC(c1ccccc1)N2. The lowest BCUT2D eigenvalue weighted by atomic mass is 10.1. The van der Waals surface area contributed by atoms with Crippen molar-refractivity contribution in [1.82, 2.24) is 4.98 Å². The van der Waals surface area contributed by atoms with E-state index in [1.165, 1.54) is 5.56 Å². The summed E-state index contributed by atoms with van der Waals surface area (Å²) in [5.74, 6) is 1.34. The molecule has 104 valence electrons. The van der Waals surface area contributed by atoms with Crippen LogP contribution >= 0.6 is 0 Å². The summed E-state index contributed by atoms with van der Waals surface area (Å²) in [4.78, 5) is 4.60. The highest BCUT2D eigenvalue weighted by Crippen LogP contribution is 2.32.